The van der Waals surface area contributed by atoms with Gasteiger partial charge in [0, 0.05) is 49.6 Å². The van der Waals surface area contributed by atoms with E-state index in [2.05, 4.69) is 76.3 Å². The molecule has 2 heterocycles. The second kappa shape index (κ2) is 8.49. The molecule has 0 amide bonds. The third kappa shape index (κ3) is 4.03. The van der Waals surface area contributed by atoms with Crippen LogP contribution in [0.1, 0.15) is 5.56 Å². The van der Waals surface area contributed by atoms with E-state index in [4.69, 9.17) is 9.47 Å². The Kier molecular flexibility index (Phi) is 5.62. The second-order valence-electron chi connectivity index (χ2n) is 7.12. The van der Waals surface area contributed by atoms with Gasteiger partial charge in [0.2, 0.25) is 5.52 Å². The van der Waals surface area contributed by atoms with Gasteiger partial charge in [-0.3, -0.25) is 5.01 Å². The van der Waals surface area contributed by atoms with Gasteiger partial charge in [-0.2, -0.15) is 5.10 Å². The number of pyridine rings is 1. The smallest absolute Gasteiger partial charge is 0.212 e. The minimum Gasteiger partial charge on any atom is -0.494 e. The highest BCUT2D eigenvalue weighted by Gasteiger charge is 2.15. The van der Waals surface area contributed by atoms with Gasteiger partial charge in [-0.25, -0.2) is 4.57 Å². The molecule has 0 bridgehead atoms. The average Bonchev–Trinajstić information content (AvgIpc) is 2.79. The first-order valence-corrected chi connectivity index (χ1v) is 9.83. The summed E-state index contributed by atoms with van der Waals surface area (Å²) in [5, 5.41) is 7.70. The van der Waals surface area contributed by atoms with Crippen molar-refractivity contribution in [1.82, 2.24) is 0 Å². The number of methoxy groups -OCH3 is 1. The van der Waals surface area contributed by atoms with Crippen molar-refractivity contribution < 1.29 is 14.0 Å². The first kappa shape index (κ1) is 19.2. The molecule has 0 aliphatic carbocycles. The van der Waals surface area contributed by atoms with Crippen LogP contribution in [0.25, 0.3) is 10.9 Å². The van der Waals surface area contributed by atoms with Crippen molar-refractivity contribution in [2.75, 3.05) is 50.4 Å². The van der Waals surface area contributed by atoms with Crippen LogP contribution in [-0.2, 0) is 11.8 Å². The van der Waals surface area contributed by atoms with Crippen LogP contribution in [0, 0.1) is 0 Å². The SMILES string of the molecule is COc1cc(N2CCOCC2)ccc1N(C)/N=C/c1cc[n+](C)c2ccccc12. The van der Waals surface area contributed by atoms with E-state index in [9.17, 15) is 0 Å². The zero-order chi connectivity index (χ0) is 20.2. The number of aromatic nitrogens is 1. The number of benzene rings is 2. The van der Waals surface area contributed by atoms with Gasteiger partial charge in [0.25, 0.3) is 0 Å². The molecule has 3 aromatic rings. The lowest BCUT2D eigenvalue weighted by Crippen LogP contribution is -2.36. The maximum absolute atomic E-state index is 5.66. The van der Waals surface area contributed by atoms with Crippen LogP contribution >= 0.6 is 0 Å². The summed E-state index contributed by atoms with van der Waals surface area (Å²) in [6, 6.07) is 16.7. The Labute approximate surface area is 171 Å². The van der Waals surface area contributed by atoms with Crippen molar-refractivity contribution in [2.45, 2.75) is 0 Å². The predicted molar refractivity (Wildman–Crippen MR) is 117 cm³/mol. The fraction of sp³-hybridized carbons (Fsp3) is 0.304. The average molecular weight is 391 g/mol. The van der Waals surface area contributed by atoms with Gasteiger partial charge in [0.05, 0.1) is 31.9 Å². The maximum atomic E-state index is 5.66. The van der Waals surface area contributed by atoms with Gasteiger partial charge in [-0.1, -0.05) is 12.1 Å². The van der Waals surface area contributed by atoms with Crippen LogP contribution in [0.2, 0.25) is 0 Å². The van der Waals surface area contributed by atoms with Gasteiger partial charge < -0.3 is 14.4 Å². The van der Waals surface area contributed by atoms with Crippen LogP contribution in [0.3, 0.4) is 0 Å². The summed E-state index contributed by atoms with van der Waals surface area (Å²) in [7, 11) is 5.69. The Morgan fingerprint density at radius 3 is 2.72 bits per heavy atom. The molecule has 0 spiro atoms. The number of anilines is 2. The van der Waals surface area contributed by atoms with Crippen LogP contribution in [-0.4, -0.2) is 46.7 Å². The number of para-hydroxylation sites is 1. The maximum Gasteiger partial charge on any atom is 0.212 e. The minimum atomic E-state index is 0.761. The summed E-state index contributed by atoms with van der Waals surface area (Å²) in [6.07, 6.45) is 3.96. The van der Waals surface area contributed by atoms with Crippen molar-refractivity contribution in [3.05, 3.63) is 60.3 Å². The molecule has 1 fully saturated rings. The summed E-state index contributed by atoms with van der Waals surface area (Å²) in [5.74, 6) is 0.804. The third-order valence-electron chi connectivity index (χ3n) is 5.33. The van der Waals surface area contributed by atoms with Gasteiger partial charge in [0.1, 0.15) is 18.5 Å². The van der Waals surface area contributed by atoms with Crippen molar-refractivity contribution in [2.24, 2.45) is 12.1 Å². The first-order chi connectivity index (χ1) is 14.2. The first-order valence-electron chi connectivity index (χ1n) is 9.83. The summed E-state index contributed by atoms with van der Waals surface area (Å²) in [5.41, 5.74) is 4.32. The van der Waals surface area contributed by atoms with Crippen molar-refractivity contribution in [3.8, 4) is 5.75 Å². The molecule has 0 unspecified atom stereocenters. The highest BCUT2D eigenvalue weighted by molar-refractivity contribution is 5.97. The van der Waals surface area contributed by atoms with E-state index in [1.807, 2.05) is 18.3 Å². The summed E-state index contributed by atoms with van der Waals surface area (Å²) < 4.78 is 13.2. The van der Waals surface area contributed by atoms with Crippen molar-refractivity contribution in [1.29, 1.82) is 0 Å². The molecule has 4 rings (SSSR count). The Morgan fingerprint density at radius 1 is 1.14 bits per heavy atom. The lowest BCUT2D eigenvalue weighted by atomic mass is 10.1. The van der Waals surface area contributed by atoms with E-state index in [0.717, 1.165) is 49.0 Å². The number of nitrogens with zero attached hydrogens (tertiary/aromatic N) is 4. The number of ether oxygens (including phenoxy) is 2. The highest BCUT2D eigenvalue weighted by atomic mass is 16.5. The molecule has 150 valence electrons. The summed E-state index contributed by atoms with van der Waals surface area (Å²) in [6.45, 7) is 3.32. The molecule has 1 aliphatic rings. The van der Waals surface area contributed by atoms with Crippen LogP contribution in [0.4, 0.5) is 11.4 Å². The summed E-state index contributed by atoms with van der Waals surface area (Å²) >= 11 is 0. The van der Waals surface area contributed by atoms with Crippen molar-refractivity contribution in [3.63, 3.8) is 0 Å². The number of morpholine rings is 1. The van der Waals surface area contributed by atoms with E-state index in [-0.39, 0.29) is 0 Å². The molecular formula is C23H27N4O2+. The zero-order valence-corrected chi connectivity index (χ0v) is 17.2. The summed E-state index contributed by atoms with van der Waals surface area (Å²) in [4.78, 5) is 2.31. The Hall–Kier alpha value is -3.12. The fourth-order valence-electron chi connectivity index (χ4n) is 3.66. The number of hydrogen-bond donors (Lipinski definition) is 0. The number of hydrogen-bond acceptors (Lipinski definition) is 5. The van der Waals surface area contributed by atoms with E-state index in [1.54, 1.807) is 7.11 Å². The van der Waals surface area contributed by atoms with Crippen LogP contribution in [0.15, 0.2) is 59.8 Å². The lowest BCUT2D eigenvalue weighted by Gasteiger charge is -2.29. The molecule has 0 radical (unpaired) electrons. The molecule has 29 heavy (non-hydrogen) atoms. The quantitative estimate of drug-likeness (QED) is 0.381. The molecular weight excluding hydrogens is 364 g/mol. The largest absolute Gasteiger partial charge is 0.494 e. The van der Waals surface area contributed by atoms with E-state index in [1.165, 1.54) is 10.9 Å². The van der Waals surface area contributed by atoms with Crippen LogP contribution in [0.5, 0.6) is 5.75 Å². The Morgan fingerprint density at radius 2 is 1.93 bits per heavy atom. The number of fused-ring (bicyclic) bond motifs is 1. The normalized spacial score (nSPS) is 14.5. The van der Waals surface area contributed by atoms with E-state index < -0.39 is 0 Å². The zero-order valence-electron chi connectivity index (χ0n) is 17.2. The van der Waals surface area contributed by atoms with Gasteiger partial charge >= 0.3 is 0 Å². The molecule has 6 nitrogen and oxygen atoms in total. The molecule has 0 atom stereocenters. The van der Waals surface area contributed by atoms with Gasteiger partial charge in [-0.05, 0) is 18.2 Å². The highest BCUT2D eigenvalue weighted by Crippen LogP contribution is 2.32. The number of aryl methyl sites for hydroxylation is 1. The topological polar surface area (TPSA) is 41.2 Å². The van der Waals surface area contributed by atoms with Gasteiger partial charge in [0.15, 0.2) is 6.20 Å². The van der Waals surface area contributed by atoms with E-state index in [0.29, 0.717) is 0 Å². The molecule has 1 aliphatic heterocycles. The predicted octanol–water partition coefficient (Wildman–Crippen LogP) is 2.98. The van der Waals surface area contributed by atoms with Crippen LogP contribution < -0.4 is 19.2 Å². The molecule has 1 saturated heterocycles. The molecule has 2 aromatic carbocycles. The standard InChI is InChI=1S/C23H27N4O2/c1-25-11-10-18(20-6-4-5-7-21(20)25)17-24-26(2)22-9-8-19(16-23(22)28-3)27-12-14-29-15-13-27/h4-11,16-17H,12-15H2,1-3H3/q+1. The molecule has 0 N–H and O–H groups in total. The molecule has 0 saturated carbocycles. The number of rotatable bonds is 5. The molecule has 6 heteroatoms. The monoisotopic (exact) mass is 391 g/mol. The fourth-order valence-corrected chi connectivity index (χ4v) is 3.66. The second-order valence-corrected chi connectivity index (χ2v) is 7.12. The van der Waals surface area contributed by atoms with E-state index >= 15 is 0 Å². The van der Waals surface area contributed by atoms with Crippen molar-refractivity contribution >= 4 is 28.5 Å². The Balaban J connectivity index is 1.60. The third-order valence-corrected chi connectivity index (χ3v) is 5.33. The lowest BCUT2D eigenvalue weighted by molar-refractivity contribution is -0.644. The minimum absolute atomic E-state index is 0.761. The number of hydrazone groups is 1. The molecule has 1 aromatic heterocycles. The van der Waals surface area contributed by atoms with Gasteiger partial charge in [-0.15, -0.1) is 0 Å². The Bertz CT molecular complexity index is 1030.